The van der Waals surface area contributed by atoms with E-state index in [0.717, 1.165) is 6.07 Å². The maximum Gasteiger partial charge on any atom is 0.430 e. The van der Waals surface area contributed by atoms with Crippen molar-refractivity contribution >= 4 is 21.7 Å². The molecule has 0 unspecified atom stereocenters. The summed E-state index contributed by atoms with van der Waals surface area (Å²) in [7, 11) is -4.20. The standard InChI is InChI=1S/C13H11F4NO3S2/c1-3-23(19,20)21-11-10(18-22-12(11)13(15,16)17)8-5-4-7(2)9(14)6-8/h4-6H,3H2,1-2H3. The van der Waals surface area contributed by atoms with Crippen LogP contribution >= 0.6 is 11.5 Å². The summed E-state index contributed by atoms with van der Waals surface area (Å²) >= 11 is 0.0523. The molecule has 0 N–H and O–H groups in total. The summed E-state index contributed by atoms with van der Waals surface area (Å²) < 4.78 is 84.0. The Morgan fingerprint density at radius 3 is 2.48 bits per heavy atom. The Balaban J connectivity index is 2.64. The first kappa shape index (κ1) is 17.7. The van der Waals surface area contributed by atoms with Crippen molar-refractivity contribution in [2.24, 2.45) is 0 Å². The zero-order valence-corrected chi connectivity index (χ0v) is 13.6. The molecule has 0 aliphatic carbocycles. The summed E-state index contributed by atoms with van der Waals surface area (Å²) in [5.74, 6) is -2.08. The molecule has 2 rings (SSSR count). The summed E-state index contributed by atoms with van der Waals surface area (Å²) in [6.45, 7) is 2.72. The molecule has 0 fully saturated rings. The highest BCUT2D eigenvalue weighted by Gasteiger charge is 2.40. The number of halogens is 4. The van der Waals surface area contributed by atoms with Gasteiger partial charge < -0.3 is 4.18 Å². The fourth-order valence-corrected chi connectivity index (χ4v) is 2.93. The van der Waals surface area contributed by atoms with Gasteiger partial charge in [-0.1, -0.05) is 12.1 Å². The van der Waals surface area contributed by atoms with Gasteiger partial charge in [0.15, 0.2) is 10.6 Å². The molecule has 2 aromatic rings. The summed E-state index contributed by atoms with van der Waals surface area (Å²) in [5, 5.41) is 0. The highest BCUT2D eigenvalue weighted by atomic mass is 32.2. The summed E-state index contributed by atoms with van der Waals surface area (Å²) in [4.78, 5) is -1.29. The molecule has 0 amide bonds. The van der Waals surface area contributed by atoms with Crippen LogP contribution in [0.5, 0.6) is 5.75 Å². The topological polar surface area (TPSA) is 56.3 Å². The fourth-order valence-electron chi connectivity index (χ4n) is 1.65. The molecule has 10 heteroatoms. The van der Waals surface area contributed by atoms with Gasteiger partial charge in [-0.3, -0.25) is 0 Å². The van der Waals surface area contributed by atoms with Gasteiger partial charge in [-0.2, -0.15) is 26.0 Å². The number of alkyl halides is 3. The van der Waals surface area contributed by atoms with Gasteiger partial charge in [-0.15, -0.1) is 0 Å². The predicted molar refractivity (Wildman–Crippen MR) is 77.3 cm³/mol. The van der Waals surface area contributed by atoms with Crippen LogP contribution in [0.3, 0.4) is 0 Å². The van der Waals surface area contributed by atoms with Crippen molar-refractivity contribution in [2.45, 2.75) is 20.0 Å². The molecule has 0 spiro atoms. The van der Waals surface area contributed by atoms with Crippen molar-refractivity contribution in [3.8, 4) is 17.0 Å². The first-order valence-electron chi connectivity index (χ1n) is 6.30. The summed E-state index contributed by atoms with van der Waals surface area (Å²) in [6.07, 6.45) is -4.84. The third-order valence-corrected chi connectivity index (χ3v) is 4.92. The third-order valence-electron chi connectivity index (χ3n) is 2.92. The van der Waals surface area contributed by atoms with Crippen LogP contribution in [0.2, 0.25) is 0 Å². The molecule has 0 bridgehead atoms. The van der Waals surface area contributed by atoms with Gasteiger partial charge >= 0.3 is 16.3 Å². The van der Waals surface area contributed by atoms with Crippen LogP contribution in [0.1, 0.15) is 17.4 Å². The molecular formula is C13H11F4NO3S2. The Labute approximate surface area is 134 Å². The van der Waals surface area contributed by atoms with Gasteiger partial charge in [-0.25, -0.2) is 4.39 Å². The smallest absolute Gasteiger partial charge is 0.378 e. The average molecular weight is 369 g/mol. The van der Waals surface area contributed by atoms with E-state index < -0.39 is 38.5 Å². The van der Waals surface area contributed by atoms with E-state index in [1.807, 2.05) is 0 Å². The number of aryl methyl sites for hydroxylation is 1. The van der Waals surface area contributed by atoms with E-state index in [0.29, 0.717) is 5.56 Å². The van der Waals surface area contributed by atoms with Crippen LogP contribution in [0.25, 0.3) is 11.3 Å². The van der Waals surface area contributed by atoms with Crippen LogP contribution in [-0.2, 0) is 16.3 Å². The lowest BCUT2D eigenvalue weighted by Gasteiger charge is -2.10. The molecule has 0 atom stereocenters. The predicted octanol–water partition coefficient (Wildman–Crippen LogP) is 4.00. The van der Waals surface area contributed by atoms with Gasteiger partial charge in [0.05, 0.1) is 5.75 Å². The molecule has 0 radical (unpaired) electrons. The monoisotopic (exact) mass is 369 g/mol. The highest BCUT2D eigenvalue weighted by Crippen LogP contribution is 2.45. The molecule has 1 heterocycles. The second-order valence-electron chi connectivity index (χ2n) is 4.58. The third kappa shape index (κ3) is 3.81. The van der Waals surface area contributed by atoms with Crippen molar-refractivity contribution in [1.29, 1.82) is 0 Å². The first-order chi connectivity index (χ1) is 10.5. The molecule has 0 saturated carbocycles. The molecule has 1 aromatic carbocycles. The molecular weight excluding hydrogens is 358 g/mol. The number of rotatable bonds is 4. The second-order valence-corrected chi connectivity index (χ2v) is 7.21. The summed E-state index contributed by atoms with van der Waals surface area (Å²) in [6, 6.07) is 3.68. The quantitative estimate of drug-likeness (QED) is 0.604. The van der Waals surface area contributed by atoms with Crippen molar-refractivity contribution in [2.75, 3.05) is 5.75 Å². The first-order valence-corrected chi connectivity index (χ1v) is 8.65. The van der Waals surface area contributed by atoms with E-state index in [4.69, 9.17) is 0 Å². The lowest BCUT2D eigenvalue weighted by Crippen LogP contribution is -2.14. The van der Waals surface area contributed by atoms with Crippen LogP contribution in [-0.4, -0.2) is 18.5 Å². The minimum Gasteiger partial charge on any atom is -0.378 e. The van der Waals surface area contributed by atoms with Crippen molar-refractivity contribution in [3.05, 3.63) is 34.5 Å². The van der Waals surface area contributed by atoms with Crippen LogP contribution in [0, 0.1) is 12.7 Å². The van der Waals surface area contributed by atoms with E-state index in [1.54, 1.807) is 0 Å². The number of benzene rings is 1. The lowest BCUT2D eigenvalue weighted by atomic mass is 10.1. The highest BCUT2D eigenvalue weighted by molar-refractivity contribution is 7.87. The Morgan fingerprint density at radius 2 is 1.96 bits per heavy atom. The molecule has 0 saturated heterocycles. The van der Waals surface area contributed by atoms with Gasteiger partial charge in [-0.05, 0) is 37.0 Å². The zero-order chi connectivity index (χ0) is 17.4. The normalized spacial score (nSPS) is 12.4. The number of aromatic nitrogens is 1. The molecule has 126 valence electrons. The minimum atomic E-state index is -4.84. The van der Waals surface area contributed by atoms with Gasteiger partial charge in [0.1, 0.15) is 11.5 Å². The molecule has 0 aliphatic heterocycles. The van der Waals surface area contributed by atoms with Crippen molar-refractivity contribution in [3.63, 3.8) is 0 Å². The zero-order valence-electron chi connectivity index (χ0n) is 11.9. The minimum absolute atomic E-state index is 0.00107. The van der Waals surface area contributed by atoms with Gasteiger partial charge in [0.25, 0.3) is 0 Å². The summed E-state index contributed by atoms with van der Waals surface area (Å²) in [5.41, 5.74) is -0.0666. The van der Waals surface area contributed by atoms with E-state index in [1.165, 1.54) is 26.0 Å². The van der Waals surface area contributed by atoms with E-state index in [9.17, 15) is 26.0 Å². The van der Waals surface area contributed by atoms with E-state index >= 15 is 0 Å². The number of hydrogen-bond donors (Lipinski definition) is 0. The lowest BCUT2D eigenvalue weighted by molar-refractivity contribution is -0.135. The fraction of sp³-hybridized carbons (Fsp3) is 0.308. The van der Waals surface area contributed by atoms with E-state index in [-0.39, 0.29) is 22.8 Å². The van der Waals surface area contributed by atoms with Gasteiger partial charge in [0, 0.05) is 5.56 Å². The number of hydrogen-bond acceptors (Lipinski definition) is 5. The Morgan fingerprint density at radius 1 is 1.30 bits per heavy atom. The largest absolute Gasteiger partial charge is 0.430 e. The Bertz CT molecular complexity index is 828. The van der Waals surface area contributed by atoms with Crippen LogP contribution in [0.4, 0.5) is 17.6 Å². The molecule has 4 nitrogen and oxygen atoms in total. The Hall–Kier alpha value is -1.68. The molecule has 23 heavy (non-hydrogen) atoms. The number of nitrogens with zero attached hydrogens (tertiary/aromatic N) is 1. The maximum atomic E-state index is 13.6. The van der Waals surface area contributed by atoms with Gasteiger partial charge in [0.2, 0.25) is 0 Å². The SMILES string of the molecule is CCS(=O)(=O)Oc1c(-c2ccc(C)c(F)c2)nsc1C(F)(F)F. The second kappa shape index (κ2) is 6.08. The Kier molecular flexibility index (Phi) is 4.67. The van der Waals surface area contributed by atoms with E-state index in [2.05, 4.69) is 8.56 Å². The van der Waals surface area contributed by atoms with Crippen LogP contribution < -0.4 is 4.18 Å². The molecule has 1 aromatic heterocycles. The maximum absolute atomic E-state index is 13.6. The van der Waals surface area contributed by atoms with Crippen molar-refractivity contribution in [1.82, 2.24) is 4.37 Å². The molecule has 0 aliphatic rings. The average Bonchev–Trinajstić information content (AvgIpc) is 2.85. The van der Waals surface area contributed by atoms with Crippen LogP contribution in [0.15, 0.2) is 18.2 Å². The van der Waals surface area contributed by atoms with Crippen molar-refractivity contribution < 1.29 is 30.2 Å².